The van der Waals surface area contributed by atoms with Crippen LogP contribution in [0.5, 0.6) is 0 Å². The first-order valence-electron chi connectivity index (χ1n) is 6.84. The van der Waals surface area contributed by atoms with E-state index in [4.69, 9.17) is 12.2 Å². The highest BCUT2D eigenvalue weighted by Gasteiger charge is 2.24. The number of aryl methyl sites for hydroxylation is 1. The molecule has 3 heteroatoms. The van der Waals surface area contributed by atoms with Crippen molar-refractivity contribution in [2.24, 2.45) is 0 Å². The molecule has 1 aliphatic rings. The average molecular weight is 293 g/mol. The van der Waals surface area contributed by atoms with Gasteiger partial charge in [0.25, 0.3) is 0 Å². The van der Waals surface area contributed by atoms with Crippen LogP contribution >= 0.6 is 12.2 Å². The number of fused-ring (bicyclic) bond motifs is 1. The number of thiocarbonyl (C=S) groups is 1. The van der Waals surface area contributed by atoms with Crippen LogP contribution in [0.4, 0.5) is 5.69 Å². The van der Waals surface area contributed by atoms with Gasteiger partial charge in [-0.1, -0.05) is 54.2 Å². The first-order chi connectivity index (χ1) is 10.1. The Labute approximate surface area is 129 Å². The van der Waals surface area contributed by atoms with E-state index in [1.54, 1.807) is 6.20 Å². The predicted octanol–water partition coefficient (Wildman–Crippen LogP) is 3.83. The maximum atomic E-state index is 12.2. The molecule has 0 radical (unpaired) electrons. The van der Waals surface area contributed by atoms with Gasteiger partial charge in [-0.2, -0.15) is 0 Å². The minimum Gasteiger partial charge on any atom is -0.361 e. The van der Waals surface area contributed by atoms with Crippen molar-refractivity contribution in [2.45, 2.75) is 13.3 Å². The summed E-state index contributed by atoms with van der Waals surface area (Å²) in [7, 11) is 0. The number of nitrogens with one attached hydrogen (secondary N) is 1. The van der Waals surface area contributed by atoms with Crippen LogP contribution in [0.2, 0.25) is 0 Å². The second-order valence-corrected chi connectivity index (χ2v) is 5.56. The molecular formula is C18H15NOS. The van der Waals surface area contributed by atoms with Gasteiger partial charge in [-0.3, -0.25) is 4.79 Å². The summed E-state index contributed by atoms with van der Waals surface area (Å²) in [6.07, 6.45) is 2.14. The Morgan fingerprint density at radius 1 is 1.10 bits per heavy atom. The molecule has 0 saturated heterocycles. The number of hydrogen-bond acceptors (Lipinski definition) is 3. The molecule has 104 valence electrons. The summed E-state index contributed by atoms with van der Waals surface area (Å²) in [6, 6.07) is 15.8. The predicted molar refractivity (Wildman–Crippen MR) is 89.7 cm³/mol. The fraction of sp³-hybridized carbons (Fsp3) is 0.111. The highest BCUT2D eigenvalue weighted by molar-refractivity contribution is 7.81. The molecule has 21 heavy (non-hydrogen) atoms. The molecule has 0 heterocycles. The van der Waals surface area contributed by atoms with E-state index in [0.29, 0.717) is 16.9 Å². The van der Waals surface area contributed by atoms with Crippen molar-refractivity contribution < 1.29 is 4.79 Å². The number of allylic oxidation sites excluding steroid dienone is 1. The van der Waals surface area contributed by atoms with Gasteiger partial charge in [0, 0.05) is 18.3 Å². The van der Waals surface area contributed by atoms with E-state index in [1.165, 1.54) is 5.56 Å². The van der Waals surface area contributed by atoms with Gasteiger partial charge >= 0.3 is 0 Å². The Morgan fingerprint density at radius 2 is 1.81 bits per heavy atom. The van der Waals surface area contributed by atoms with Gasteiger partial charge in [0.15, 0.2) is 5.78 Å². The third-order valence-corrected chi connectivity index (χ3v) is 4.03. The minimum absolute atomic E-state index is 0.0679. The topological polar surface area (TPSA) is 29.1 Å². The van der Waals surface area contributed by atoms with Crippen molar-refractivity contribution in [3.05, 3.63) is 77.0 Å². The normalized spacial score (nSPS) is 16.0. The fourth-order valence-electron chi connectivity index (χ4n) is 2.39. The highest BCUT2D eigenvalue weighted by atomic mass is 32.1. The average Bonchev–Trinajstić information content (AvgIpc) is 2.49. The molecule has 0 aliphatic heterocycles. The molecule has 0 aromatic heterocycles. The van der Waals surface area contributed by atoms with Crippen LogP contribution in [-0.4, -0.2) is 10.6 Å². The van der Waals surface area contributed by atoms with E-state index in [-0.39, 0.29) is 5.78 Å². The van der Waals surface area contributed by atoms with Gasteiger partial charge in [-0.05, 0) is 30.2 Å². The third kappa shape index (κ3) is 2.78. The number of rotatable bonds is 2. The van der Waals surface area contributed by atoms with Gasteiger partial charge in [0.1, 0.15) is 0 Å². The summed E-state index contributed by atoms with van der Waals surface area (Å²) in [5.41, 5.74) is 4.74. The van der Waals surface area contributed by atoms with E-state index in [9.17, 15) is 4.79 Å². The van der Waals surface area contributed by atoms with Crippen LogP contribution in [-0.2, 0) is 11.2 Å². The second kappa shape index (κ2) is 5.62. The summed E-state index contributed by atoms with van der Waals surface area (Å²) in [5.74, 6) is 0.0679. The van der Waals surface area contributed by atoms with E-state index in [0.717, 1.165) is 16.8 Å². The molecule has 0 saturated carbocycles. The van der Waals surface area contributed by atoms with Crippen molar-refractivity contribution in [1.29, 1.82) is 0 Å². The van der Waals surface area contributed by atoms with Crippen molar-refractivity contribution in [3.63, 3.8) is 0 Å². The van der Waals surface area contributed by atoms with Crippen molar-refractivity contribution in [2.75, 3.05) is 5.32 Å². The number of carbonyl (C=O) groups is 1. The van der Waals surface area contributed by atoms with Gasteiger partial charge in [-0.25, -0.2) is 0 Å². The molecule has 0 atom stereocenters. The number of hydrogen-bond donors (Lipinski definition) is 1. The van der Waals surface area contributed by atoms with Crippen molar-refractivity contribution >= 4 is 28.6 Å². The quantitative estimate of drug-likeness (QED) is 0.674. The third-order valence-electron chi connectivity index (χ3n) is 3.59. The SMILES string of the molecule is Cc1ccc(N/C=C2\C(=O)Cc3ccccc3C2=S)cc1. The molecule has 2 nitrogen and oxygen atoms in total. The van der Waals surface area contributed by atoms with E-state index >= 15 is 0 Å². The number of carbonyl (C=O) groups excluding carboxylic acids is 1. The fourth-order valence-corrected chi connectivity index (χ4v) is 2.76. The lowest BCUT2D eigenvalue weighted by Crippen LogP contribution is -2.23. The molecule has 0 bridgehead atoms. The maximum absolute atomic E-state index is 12.2. The number of ketones is 1. The summed E-state index contributed by atoms with van der Waals surface area (Å²) in [5, 5.41) is 3.16. The lowest BCUT2D eigenvalue weighted by molar-refractivity contribution is -0.114. The lowest BCUT2D eigenvalue weighted by Gasteiger charge is -2.18. The van der Waals surface area contributed by atoms with Crippen LogP contribution in [0.3, 0.4) is 0 Å². The molecule has 0 amide bonds. The standard InChI is InChI=1S/C18H15NOS/c1-12-6-8-14(9-7-12)19-11-16-17(20)10-13-4-2-3-5-15(13)18(16)21/h2-9,11,19H,10H2,1H3/b16-11+. The first kappa shape index (κ1) is 13.7. The Hall–Kier alpha value is -2.26. The number of Topliss-reactive ketones (excluding diaryl/α,β-unsaturated/α-hetero) is 1. The highest BCUT2D eigenvalue weighted by Crippen LogP contribution is 2.23. The van der Waals surface area contributed by atoms with E-state index in [1.807, 2.05) is 55.5 Å². The minimum atomic E-state index is 0.0679. The van der Waals surface area contributed by atoms with Crippen molar-refractivity contribution in [3.8, 4) is 0 Å². The van der Waals surface area contributed by atoms with Gasteiger partial charge in [0.2, 0.25) is 0 Å². The van der Waals surface area contributed by atoms with Crippen LogP contribution in [0.25, 0.3) is 0 Å². The zero-order valence-electron chi connectivity index (χ0n) is 11.7. The second-order valence-electron chi connectivity index (χ2n) is 5.15. The smallest absolute Gasteiger partial charge is 0.170 e. The molecule has 0 spiro atoms. The van der Waals surface area contributed by atoms with Gasteiger partial charge in [0.05, 0.1) is 10.4 Å². The molecule has 2 aromatic rings. The molecule has 1 N–H and O–H groups in total. The lowest BCUT2D eigenvalue weighted by atomic mass is 9.87. The molecule has 0 fully saturated rings. The van der Waals surface area contributed by atoms with Crippen LogP contribution in [0.1, 0.15) is 16.7 Å². The Morgan fingerprint density at radius 3 is 2.57 bits per heavy atom. The molecule has 1 aliphatic carbocycles. The summed E-state index contributed by atoms with van der Waals surface area (Å²) < 4.78 is 0. The maximum Gasteiger partial charge on any atom is 0.170 e. The van der Waals surface area contributed by atoms with E-state index in [2.05, 4.69) is 5.32 Å². The van der Waals surface area contributed by atoms with Crippen LogP contribution in [0.15, 0.2) is 60.3 Å². The van der Waals surface area contributed by atoms with Crippen molar-refractivity contribution in [1.82, 2.24) is 0 Å². The first-order valence-corrected chi connectivity index (χ1v) is 7.25. The zero-order valence-corrected chi connectivity index (χ0v) is 12.5. The molecule has 2 aromatic carbocycles. The van der Waals surface area contributed by atoms with E-state index < -0.39 is 0 Å². The number of benzene rings is 2. The number of anilines is 1. The van der Waals surface area contributed by atoms with Gasteiger partial charge in [-0.15, -0.1) is 0 Å². The van der Waals surface area contributed by atoms with Crippen LogP contribution < -0.4 is 5.32 Å². The van der Waals surface area contributed by atoms with Crippen LogP contribution in [0, 0.1) is 6.92 Å². The Bertz CT molecular complexity index is 744. The Balaban J connectivity index is 1.88. The summed E-state index contributed by atoms with van der Waals surface area (Å²) in [4.78, 5) is 12.9. The largest absolute Gasteiger partial charge is 0.361 e. The summed E-state index contributed by atoms with van der Waals surface area (Å²) in [6.45, 7) is 2.04. The van der Waals surface area contributed by atoms with Gasteiger partial charge < -0.3 is 5.32 Å². The summed E-state index contributed by atoms with van der Waals surface area (Å²) >= 11 is 5.47. The molecule has 3 rings (SSSR count). The zero-order chi connectivity index (χ0) is 14.8. The molecule has 0 unspecified atom stereocenters. The Kier molecular flexibility index (Phi) is 3.67. The monoisotopic (exact) mass is 293 g/mol. The molecular weight excluding hydrogens is 278 g/mol.